The minimum absolute atomic E-state index is 1.17. The van der Waals surface area contributed by atoms with Crippen LogP contribution in [0.2, 0.25) is 0 Å². The number of hydrogen-bond donors (Lipinski definition) is 0. The summed E-state index contributed by atoms with van der Waals surface area (Å²) in [6, 6.07) is 67.0. The molecule has 0 saturated heterocycles. The molecule has 2 nitrogen and oxygen atoms in total. The number of rotatable bonds is 3. The largest absolute Gasteiger partial charge is 0.309 e. The Kier molecular flexibility index (Phi) is 5.96. The van der Waals surface area contributed by atoms with Crippen molar-refractivity contribution in [1.29, 1.82) is 0 Å². The first kappa shape index (κ1) is 29.0. The van der Waals surface area contributed by atoms with Crippen molar-refractivity contribution in [1.82, 2.24) is 9.13 Å². The van der Waals surface area contributed by atoms with E-state index in [1.165, 1.54) is 108 Å². The zero-order chi connectivity index (χ0) is 34.6. The first-order valence-corrected chi connectivity index (χ1v) is 19.0. The number of nitrogens with zero attached hydrogens (tertiary/aromatic N) is 2. The van der Waals surface area contributed by atoms with Crippen molar-refractivity contribution < 1.29 is 0 Å². The summed E-state index contributed by atoms with van der Waals surface area (Å²) in [5, 5.41) is 12.9. The number of aromatic nitrogens is 2. The van der Waals surface area contributed by atoms with Crippen LogP contribution in [0, 0.1) is 0 Å². The van der Waals surface area contributed by atoms with Crippen molar-refractivity contribution in [2.24, 2.45) is 0 Å². The van der Waals surface area contributed by atoms with Crippen molar-refractivity contribution in [3.63, 3.8) is 0 Å². The van der Waals surface area contributed by atoms with Crippen molar-refractivity contribution in [3.8, 4) is 22.5 Å². The molecule has 246 valence electrons. The third kappa shape index (κ3) is 4.03. The van der Waals surface area contributed by atoms with Gasteiger partial charge in [-0.3, -0.25) is 0 Å². The Hall–Kier alpha value is -6.68. The first-order valence-electron chi connectivity index (χ1n) is 18.2. The lowest BCUT2D eigenvalue weighted by atomic mass is 9.98. The molecule has 3 heterocycles. The fourth-order valence-corrected chi connectivity index (χ4v) is 10.3. The highest BCUT2D eigenvalue weighted by atomic mass is 32.1. The third-order valence-electron chi connectivity index (χ3n) is 11.3. The number of thiophene rings is 1. The van der Waals surface area contributed by atoms with Gasteiger partial charge in [0.15, 0.2) is 0 Å². The van der Waals surface area contributed by atoms with Crippen LogP contribution in [0.25, 0.3) is 108 Å². The minimum atomic E-state index is 1.17. The Bertz CT molecular complexity index is 3430. The monoisotopic (exact) mass is 690 g/mol. The van der Waals surface area contributed by atoms with Crippen LogP contribution in [-0.2, 0) is 0 Å². The van der Waals surface area contributed by atoms with E-state index in [2.05, 4.69) is 191 Å². The maximum Gasteiger partial charge on any atom is 0.0728 e. The molecule has 0 amide bonds. The summed E-state index contributed by atoms with van der Waals surface area (Å²) in [4.78, 5) is 0. The molecule has 53 heavy (non-hydrogen) atoms. The maximum absolute atomic E-state index is 2.53. The van der Waals surface area contributed by atoms with Crippen LogP contribution < -0.4 is 0 Å². The van der Waals surface area contributed by atoms with Crippen LogP contribution in [0.1, 0.15) is 0 Å². The van der Waals surface area contributed by atoms with E-state index < -0.39 is 0 Å². The molecule has 0 spiro atoms. The van der Waals surface area contributed by atoms with Gasteiger partial charge in [0.2, 0.25) is 0 Å². The standard InChI is InChI=1S/C50H30N2S/c1-2-13-34(14-3-1)51-43-28-25-33(30-42(43)46-36-15-5-4-12-32(36)24-29-44(46)51)31-22-26-35(27-23-31)52-48-40-19-9-7-17-38(40)37-16-6-8-18-39(37)47(48)50-49(52)41-20-10-11-21-45(41)53-50/h1-30H. The van der Waals surface area contributed by atoms with E-state index >= 15 is 0 Å². The molecule has 0 radical (unpaired) electrons. The van der Waals surface area contributed by atoms with E-state index in [4.69, 9.17) is 0 Å². The van der Waals surface area contributed by atoms with Crippen molar-refractivity contribution in [2.45, 2.75) is 0 Å². The Labute approximate surface area is 309 Å². The fourth-order valence-electron chi connectivity index (χ4n) is 9.01. The second kappa shape index (κ2) is 10.9. The van der Waals surface area contributed by atoms with Crippen LogP contribution in [0.5, 0.6) is 0 Å². The molecule has 0 aliphatic carbocycles. The molecule has 0 aliphatic heterocycles. The Morgan fingerprint density at radius 1 is 0.340 bits per heavy atom. The second-order valence-corrected chi connectivity index (χ2v) is 15.1. The van der Waals surface area contributed by atoms with Crippen LogP contribution in [0.15, 0.2) is 182 Å². The van der Waals surface area contributed by atoms with E-state index in [0.29, 0.717) is 0 Å². The van der Waals surface area contributed by atoms with Crippen LogP contribution in [0.4, 0.5) is 0 Å². The number of para-hydroxylation sites is 1. The quantitative estimate of drug-likeness (QED) is 0.163. The summed E-state index contributed by atoms with van der Waals surface area (Å²) in [7, 11) is 0. The highest BCUT2D eigenvalue weighted by Gasteiger charge is 2.22. The molecule has 0 bridgehead atoms. The van der Waals surface area contributed by atoms with Crippen LogP contribution >= 0.6 is 11.3 Å². The fraction of sp³-hybridized carbons (Fsp3) is 0. The second-order valence-electron chi connectivity index (χ2n) is 14.1. The molecule has 12 aromatic rings. The Morgan fingerprint density at radius 3 is 1.75 bits per heavy atom. The summed E-state index contributed by atoms with van der Waals surface area (Å²) < 4.78 is 7.61. The molecule has 0 saturated carbocycles. The molecule has 9 aromatic carbocycles. The van der Waals surface area contributed by atoms with Gasteiger partial charge < -0.3 is 9.13 Å². The molecule has 3 heteroatoms. The van der Waals surface area contributed by atoms with E-state index in [-0.39, 0.29) is 0 Å². The average molecular weight is 691 g/mol. The normalized spacial score (nSPS) is 12.2. The van der Waals surface area contributed by atoms with E-state index in [9.17, 15) is 0 Å². The predicted molar refractivity (Wildman–Crippen MR) is 228 cm³/mol. The Morgan fingerprint density at radius 2 is 0.943 bits per heavy atom. The van der Waals surface area contributed by atoms with E-state index in [1.54, 1.807) is 0 Å². The molecule has 0 N–H and O–H groups in total. The molecule has 0 unspecified atom stereocenters. The summed E-state index contributed by atoms with van der Waals surface area (Å²) in [6.45, 7) is 0. The van der Waals surface area contributed by atoms with Gasteiger partial charge in [-0.1, -0.05) is 133 Å². The number of fused-ring (bicyclic) bond motifs is 15. The van der Waals surface area contributed by atoms with Gasteiger partial charge in [0.1, 0.15) is 0 Å². The highest BCUT2D eigenvalue weighted by molar-refractivity contribution is 7.26. The van der Waals surface area contributed by atoms with Crippen molar-refractivity contribution in [3.05, 3.63) is 182 Å². The number of hydrogen-bond acceptors (Lipinski definition) is 1. The molecule has 0 fully saturated rings. The lowest BCUT2D eigenvalue weighted by molar-refractivity contribution is 1.18. The molecule has 12 rings (SSSR count). The summed E-state index contributed by atoms with van der Waals surface area (Å²) >= 11 is 1.91. The van der Waals surface area contributed by atoms with Gasteiger partial charge in [0.25, 0.3) is 0 Å². The zero-order valence-corrected chi connectivity index (χ0v) is 29.4. The lowest BCUT2D eigenvalue weighted by Gasteiger charge is -2.13. The first-order chi connectivity index (χ1) is 26.3. The van der Waals surface area contributed by atoms with Gasteiger partial charge in [-0.25, -0.2) is 0 Å². The van der Waals surface area contributed by atoms with Gasteiger partial charge in [-0.15, -0.1) is 11.3 Å². The van der Waals surface area contributed by atoms with Crippen molar-refractivity contribution >= 4 is 96.7 Å². The van der Waals surface area contributed by atoms with Crippen LogP contribution in [0.3, 0.4) is 0 Å². The third-order valence-corrected chi connectivity index (χ3v) is 12.5. The van der Waals surface area contributed by atoms with Gasteiger partial charge in [0, 0.05) is 43.0 Å². The van der Waals surface area contributed by atoms with Crippen LogP contribution in [-0.4, -0.2) is 9.13 Å². The molecule has 3 aromatic heterocycles. The maximum atomic E-state index is 2.53. The molecule has 0 aliphatic rings. The van der Waals surface area contributed by atoms with Crippen molar-refractivity contribution in [2.75, 3.05) is 0 Å². The van der Waals surface area contributed by atoms with Gasteiger partial charge >= 0.3 is 0 Å². The molecular formula is C50H30N2S. The lowest BCUT2D eigenvalue weighted by Crippen LogP contribution is -1.95. The smallest absolute Gasteiger partial charge is 0.0728 e. The summed E-state index contributed by atoms with van der Waals surface area (Å²) in [6.07, 6.45) is 0. The SMILES string of the molecule is c1ccc(-n2c3ccc(-c4ccc(-n5c6c7ccccc7sc6c6c7ccccc7c7ccccc7c65)cc4)cc3c3c4ccccc4ccc32)cc1. The molecule has 0 atom stereocenters. The minimum Gasteiger partial charge on any atom is -0.309 e. The predicted octanol–water partition coefficient (Wildman–Crippen LogP) is 14.2. The van der Waals surface area contributed by atoms with E-state index in [1.807, 2.05) is 11.3 Å². The van der Waals surface area contributed by atoms with Gasteiger partial charge in [0.05, 0.1) is 26.8 Å². The van der Waals surface area contributed by atoms with E-state index in [0.717, 1.165) is 0 Å². The Balaban J connectivity index is 1.11. The van der Waals surface area contributed by atoms with Gasteiger partial charge in [-0.05, 0) is 86.6 Å². The van der Waals surface area contributed by atoms with Gasteiger partial charge in [-0.2, -0.15) is 0 Å². The summed E-state index contributed by atoms with van der Waals surface area (Å²) in [5.74, 6) is 0. The topological polar surface area (TPSA) is 9.86 Å². The zero-order valence-electron chi connectivity index (χ0n) is 28.6. The summed E-state index contributed by atoms with van der Waals surface area (Å²) in [5.41, 5.74) is 9.77. The highest BCUT2D eigenvalue weighted by Crippen LogP contribution is 2.48. The average Bonchev–Trinajstić information content (AvgIpc) is 3.88. The number of benzene rings is 9. The molecular weight excluding hydrogens is 661 g/mol.